The Bertz CT molecular complexity index is 627. The van der Waals surface area contributed by atoms with Gasteiger partial charge in [-0.1, -0.05) is 24.9 Å². The van der Waals surface area contributed by atoms with Gasteiger partial charge in [-0.3, -0.25) is 4.79 Å². The first kappa shape index (κ1) is 15.9. The third-order valence-corrected chi connectivity index (χ3v) is 4.34. The number of benzene rings is 1. The molecular weight excluding hydrogens is 306 g/mol. The molecule has 0 saturated heterocycles. The lowest BCUT2D eigenvalue weighted by atomic mass is 10.2. The molecule has 0 aliphatic carbocycles. The molecule has 1 N–H and O–H groups in total. The fraction of sp³-hybridized carbons (Fsp3) is 0.333. The monoisotopic (exact) mass is 323 g/mol. The smallest absolute Gasteiger partial charge is 0.224 e. The van der Waals surface area contributed by atoms with Crippen molar-refractivity contribution >= 4 is 35.0 Å². The molecule has 1 amide bonds. The SMILES string of the molecule is CCCCC(=O)Nc1cc(Cl)ccc1Sc1nccn1C. The molecule has 0 aliphatic rings. The number of aryl methyl sites for hydroxylation is 1. The fourth-order valence-electron chi connectivity index (χ4n) is 1.79. The molecule has 0 bridgehead atoms. The van der Waals surface area contributed by atoms with Crippen LogP contribution in [0, 0.1) is 0 Å². The van der Waals surface area contributed by atoms with E-state index in [1.54, 1.807) is 12.3 Å². The molecular formula is C15H18ClN3OS. The summed E-state index contributed by atoms with van der Waals surface area (Å²) in [6, 6.07) is 5.49. The van der Waals surface area contributed by atoms with Crippen LogP contribution in [-0.2, 0) is 11.8 Å². The number of rotatable bonds is 6. The zero-order chi connectivity index (χ0) is 15.2. The molecule has 0 atom stereocenters. The van der Waals surface area contributed by atoms with Crippen molar-refractivity contribution in [1.29, 1.82) is 0 Å². The first-order chi connectivity index (χ1) is 10.1. The number of aromatic nitrogens is 2. The molecule has 1 aromatic heterocycles. The quantitative estimate of drug-likeness (QED) is 0.859. The Morgan fingerprint density at radius 1 is 1.48 bits per heavy atom. The largest absolute Gasteiger partial charge is 0.329 e. The number of halogens is 1. The third-order valence-electron chi connectivity index (χ3n) is 2.95. The highest BCUT2D eigenvalue weighted by atomic mass is 35.5. The van der Waals surface area contributed by atoms with Crippen molar-refractivity contribution in [2.45, 2.75) is 36.2 Å². The van der Waals surface area contributed by atoms with Crippen LogP contribution in [0.15, 0.2) is 40.6 Å². The van der Waals surface area contributed by atoms with Crippen molar-refractivity contribution in [1.82, 2.24) is 9.55 Å². The molecule has 4 nitrogen and oxygen atoms in total. The van der Waals surface area contributed by atoms with E-state index in [-0.39, 0.29) is 5.91 Å². The predicted molar refractivity (Wildman–Crippen MR) is 86.9 cm³/mol. The van der Waals surface area contributed by atoms with Crippen LogP contribution >= 0.6 is 23.4 Å². The number of amides is 1. The Hall–Kier alpha value is -1.46. The second-order valence-corrected chi connectivity index (χ2v) is 6.16. The van der Waals surface area contributed by atoms with E-state index in [1.165, 1.54) is 11.8 Å². The Balaban J connectivity index is 2.17. The summed E-state index contributed by atoms with van der Waals surface area (Å²) in [6.45, 7) is 2.06. The highest BCUT2D eigenvalue weighted by Crippen LogP contribution is 2.34. The van der Waals surface area contributed by atoms with Crippen LogP contribution in [0.1, 0.15) is 26.2 Å². The number of unbranched alkanes of at least 4 members (excludes halogenated alkanes) is 1. The zero-order valence-corrected chi connectivity index (χ0v) is 13.7. The number of hydrogen-bond donors (Lipinski definition) is 1. The van der Waals surface area contributed by atoms with E-state index in [1.807, 2.05) is 29.9 Å². The molecule has 0 radical (unpaired) electrons. The van der Waals surface area contributed by atoms with E-state index in [2.05, 4.69) is 17.2 Å². The van der Waals surface area contributed by atoms with Gasteiger partial charge >= 0.3 is 0 Å². The van der Waals surface area contributed by atoms with Gasteiger partial charge in [0.15, 0.2) is 5.16 Å². The number of carbonyl (C=O) groups excluding carboxylic acids is 1. The van der Waals surface area contributed by atoms with E-state index >= 15 is 0 Å². The van der Waals surface area contributed by atoms with Crippen molar-refractivity contribution < 1.29 is 4.79 Å². The minimum absolute atomic E-state index is 0.0146. The van der Waals surface area contributed by atoms with Crippen LogP contribution in [-0.4, -0.2) is 15.5 Å². The van der Waals surface area contributed by atoms with Gasteiger partial charge in [0.05, 0.1) is 5.69 Å². The van der Waals surface area contributed by atoms with E-state index in [9.17, 15) is 4.79 Å². The Kier molecular flexibility index (Phi) is 5.70. The van der Waals surface area contributed by atoms with Gasteiger partial charge in [-0.15, -0.1) is 0 Å². The molecule has 2 aromatic rings. The molecule has 0 aliphatic heterocycles. The molecule has 1 aromatic carbocycles. The van der Waals surface area contributed by atoms with Crippen LogP contribution in [0.2, 0.25) is 5.02 Å². The highest BCUT2D eigenvalue weighted by molar-refractivity contribution is 7.99. The van der Waals surface area contributed by atoms with Gasteiger partial charge in [0, 0.05) is 35.8 Å². The summed E-state index contributed by atoms with van der Waals surface area (Å²) in [7, 11) is 1.94. The van der Waals surface area contributed by atoms with E-state index in [4.69, 9.17) is 11.6 Å². The maximum atomic E-state index is 11.9. The normalized spacial score (nSPS) is 10.6. The summed E-state index contributed by atoms with van der Waals surface area (Å²) in [5, 5.41) is 4.40. The zero-order valence-electron chi connectivity index (χ0n) is 12.1. The van der Waals surface area contributed by atoms with E-state index in [0.717, 1.165) is 28.6 Å². The maximum absolute atomic E-state index is 11.9. The maximum Gasteiger partial charge on any atom is 0.224 e. The first-order valence-electron chi connectivity index (χ1n) is 6.84. The molecule has 21 heavy (non-hydrogen) atoms. The molecule has 6 heteroatoms. The lowest BCUT2D eigenvalue weighted by Gasteiger charge is -2.11. The topological polar surface area (TPSA) is 46.9 Å². The lowest BCUT2D eigenvalue weighted by molar-refractivity contribution is -0.116. The van der Waals surface area contributed by atoms with Gasteiger partial charge in [-0.25, -0.2) is 4.98 Å². The molecule has 0 saturated carbocycles. The molecule has 1 heterocycles. The van der Waals surface area contributed by atoms with Crippen molar-refractivity contribution in [3.8, 4) is 0 Å². The van der Waals surface area contributed by atoms with Gasteiger partial charge in [0.2, 0.25) is 5.91 Å². The second kappa shape index (κ2) is 7.52. The number of carbonyl (C=O) groups is 1. The van der Waals surface area contributed by atoms with Crippen LogP contribution < -0.4 is 5.32 Å². The standard InChI is InChI=1S/C15H18ClN3OS/c1-3-4-5-14(20)18-12-10-11(16)6-7-13(12)21-15-17-8-9-19(15)2/h6-10H,3-5H2,1-2H3,(H,18,20). The lowest BCUT2D eigenvalue weighted by Crippen LogP contribution is -2.11. The van der Waals surface area contributed by atoms with Gasteiger partial charge < -0.3 is 9.88 Å². The van der Waals surface area contributed by atoms with Gasteiger partial charge in [-0.05, 0) is 36.4 Å². The average Bonchev–Trinajstić information content (AvgIpc) is 2.85. The Morgan fingerprint density at radius 2 is 2.29 bits per heavy atom. The number of imidazole rings is 1. The van der Waals surface area contributed by atoms with Gasteiger partial charge in [0.25, 0.3) is 0 Å². The molecule has 112 valence electrons. The van der Waals surface area contributed by atoms with Crippen LogP contribution in [0.4, 0.5) is 5.69 Å². The second-order valence-electron chi connectivity index (χ2n) is 4.71. The average molecular weight is 324 g/mol. The third kappa shape index (κ3) is 4.51. The van der Waals surface area contributed by atoms with Crippen molar-refractivity contribution in [2.75, 3.05) is 5.32 Å². The summed E-state index contributed by atoms with van der Waals surface area (Å²) < 4.78 is 1.93. The molecule has 0 spiro atoms. The molecule has 0 fully saturated rings. The number of nitrogens with zero attached hydrogens (tertiary/aromatic N) is 2. The molecule has 0 unspecified atom stereocenters. The first-order valence-corrected chi connectivity index (χ1v) is 8.04. The van der Waals surface area contributed by atoms with Crippen LogP contribution in [0.3, 0.4) is 0 Å². The minimum Gasteiger partial charge on any atom is -0.329 e. The summed E-state index contributed by atoms with van der Waals surface area (Å²) in [4.78, 5) is 17.1. The Morgan fingerprint density at radius 3 is 2.95 bits per heavy atom. The van der Waals surface area contributed by atoms with Crippen LogP contribution in [0.25, 0.3) is 0 Å². The highest BCUT2D eigenvalue weighted by Gasteiger charge is 2.11. The summed E-state index contributed by atoms with van der Waals surface area (Å²) in [5.74, 6) is 0.0146. The van der Waals surface area contributed by atoms with Gasteiger partial charge in [0.1, 0.15) is 0 Å². The summed E-state index contributed by atoms with van der Waals surface area (Å²) in [6.07, 6.45) is 6.04. The number of anilines is 1. The van der Waals surface area contributed by atoms with Crippen molar-refractivity contribution in [3.05, 3.63) is 35.6 Å². The summed E-state index contributed by atoms with van der Waals surface area (Å²) in [5.41, 5.74) is 0.733. The molecule has 2 rings (SSSR count). The van der Waals surface area contributed by atoms with E-state index < -0.39 is 0 Å². The van der Waals surface area contributed by atoms with Crippen molar-refractivity contribution in [2.24, 2.45) is 7.05 Å². The van der Waals surface area contributed by atoms with Crippen molar-refractivity contribution in [3.63, 3.8) is 0 Å². The fourth-order valence-corrected chi connectivity index (χ4v) is 2.83. The van der Waals surface area contributed by atoms with Crippen LogP contribution in [0.5, 0.6) is 0 Å². The predicted octanol–water partition coefficient (Wildman–Crippen LogP) is 4.35. The number of nitrogens with one attached hydrogen (secondary N) is 1. The Labute approximate surface area is 133 Å². The summed E-state index contributed by atoms with van der Waals surface area (Å²) >= 11 is 7.54. The van der Waals surface area contributed by atoms with E-state index in [0.29, 0.717) is 11.4 Å². The van der Waals surface area contributed by atoms with Gasteiger partial charge in [-0.2, -0.15) is 0 Å². The minimum atomic E-state index is 0.0146. The number of hydrogen-bond acceptors (Lipinski definition) is 3.